The van der Waals surface area contributed by atoms with E-state index in [0.717, 1.165) is 16.7 Å². The van der Waals surface area contributed by atoms with Crippen molar-refractivity contribution in [2.45, 2.75) is 0 Å². The van der Waals surface area contributed by atoms with Gasteiger partial charge in [0.15, 0.2) is 11.5 Å². The predicted octanol–water partition coefficient (Wildman–Crippen LogP) is 4.75. The Morgan fingerprint density at radius 1 is 0.862 bits per heavy atom. The molecule has 0 heterocycles. The third kappa shape index (κ3) is 3.04. The molecule has 0 bridgehead atoms. The number of carbonyl (C=O) groups excluding carboxylic acids is 1. The van der Waals surface area contributed by atoms with Crippen LogP contribution in [0.1, 0.15) is 32.6 Å². The van der Waals surface area contributed by atoms with Crippen LogP contribution < -0.4 is 9.47 Å². The quantitative estimate of drug-likeness (QED) is 0.373. The van der Waals surface area contributed by atoms with Crippen molar-refractivity contribution in [1.82, 2.24) is 0 Å². The SMILES string of the molecule is COc1cc(C=C2c3ccccc3C(=O)c3ccccc32)cc([N+](=O)[O-])c1OC. The highest BCUT2D eigenvalue weighted by atomic mass is 16.6. The van der Waals surface area contributed by atoms with Crippen molar-refractivity contribution in [2.75, 3.05) is 14.2 Å². The second-order valence-electron chi connectivity index (χ2n) is 6.51. The van der Waals surface area contributed by atoms with E-state index in [9.17, 15) is 14.9 Å². The molecule has 0 radical (unpaired) electrons. The first-order chi connectivity index (χ1) is 14.0. The Bertz CT molecular complexity index is 1130. The Hall–Kier alpha value is -3.93. The number of nitro groups is 1. The van der Waals surface area contributed by atoms with Crippen LogP contribution in [0.2, 0.25) is 0 Å². The molecular formula is C23H17NO5. The van der Waals surface area contributed by atoms with Crippen molar-refractivity contribution in [3.8, 4) is 11.5 Å². The zero-order valence-electron chi connectivity index (χ0n) is 15.8. The molecule has 0 unspecified atom stereocenters. The highest BCUT2D eigenvalue weighted by Gasteiger charge is 2.27. The summed E-state index contributed by atoms with van der Waals surface area (Å²) in [5.41, 5.74) is 3.98. The molecule has 6 heteroatoms. The molecule has 1 aliphatic rings. The molecule has 0 aromatic heterocycles. The molecule has 0 saturated heterocycles. The molecule has 0 amide bonds. The van der Waals surface area contributed by atoms with Gasteiger partial charge in [-0.1, -0.05) is 48.5 Å². The van der Waals surface area contributed by atoms with E-state index < -0.39 is 4.92 Å². The van der Waals surface area contributed by atoms with Crippen LogP contribution in [-0.2, 0) is 0 Å². The summed E-state index contributed by atoms with van der Waals surface area (Å²) >= 11 is 0. The molecule has 29 heavy (non-hydrogen) atoms. The number of rotatable bonds is 4. The minimum absolute atomic E-state index is 0.0355. The van der Waals surface area contributed by atoms with Gasteiger partial charge in [-0.3, -0.25) is 14.9 Å². The number of ether oxygens (including phenoxy) is 2. The molecular weight excluding hydrogens is 370 g/mol. The van der Waals surface area contributed by atoms with Gasteiger partial charge in [-0.2, -0.15) is 0 Å². The minimum Gasteiger partial charge on any atom is -0.493 e. The van der Waals surface area contributed by atoms with Crippen LogP contribution in [0.3, 0.4) is 0 Å². The maximum absolute atomic E-state index is 12.9. The van der Waals surface area contributed by atoms with Gasteiger partial charge < -0.3 is 9.47 Å². The van der Waals surface area contributed by atoms with E-state index >= 15 is 0 Å². The van der Waals surface area contributed by atoms with Crippen molar-refractivity contribution >= 4 is 23.1 Å². The summed E-state index contributed by atoms with van der Waals surface area (Å²) in [6.45, 7) is 0. The maximum atomic E-state index is 12.9. The minimum atomic E-state index is -0.504. The topological polar surface area (TPSA) is 78.7 Å². The van der Waals surface area contributed by atoms with Crippen LogP contribution in [0.5, 0.6) is 11.5 Å². The lowest BCUT2D eigenvalue weighted by Gasteiger charge is -2.21. The normalized spacial score (nSPS) is 12.1. The van der Waals surface area contributed by atoms with Gasteiger partial charge in [-0.15, -0.1) is 0 Å². The number of nitro benzene ring substituents is 1. The average molecular weight is 387 g/mol. The van der Waals surface area contributed by atoms with Gasteiger partial charge in [0.05, 0.1) is 19.1 Å². The zero-order chi connectivity index (χ0) is 20.5. The van der Waals surface area contributed by atoms with Gasteiger partial charge in [0.1, 0.15) is 0 Å². The summed E-state index contributed by atoms with van der Waals surface area (Å²) in [7, 11) is 2.80. The van der Waals surface area contributed by atoms with Crippen LogP contribution in [0.4, 0.5) is 5.69 Å². The lowest BCUT2D eigenvalue weighted by molar-refractivity contribution is -0.385. The van der Waals surface area contributed by atoms with Gasteiger partial charge in [-0.25, -0.2) is 0 Å². The Balaban J connectivity index is 1.99. The third-order valence-corrected chi connectivity index (χ3v) is 4.91. The molecule has 0 atom stereocenters. The summed E-state index contributed by atoms with van der Waals surface area (Å²) in [4.78, 5) is 23.9. The highest BCUT2D eigenvalue weighted by Crippen LogP contribution is 2.41. The summed E-state index contributed by atoms with van der Waals surface area (Å²) < 4.78 is 10.5. The number of nitrogens with zero attached hydrogens (tertiary/aromatic N) is 1. The van der Waals surface area contributed by atoms with E-state index in [1.807, 2.05) is 42.5 Å². The second kappa shape index (κ2) is 7.24. The fourth-order valence-electron chi connectivity index (χ4n) is 3.63. The van der Waals surface area contributed by atoms with E-state index in [2.05, 4.69) is 0 Å². The molecule has 0 N–H and O–H groups in total. The van der Waals surface area contributed by atoms with Crippen LogP contribution in [-0.4, -0.2) is 24.9 Å². The monoisotopic (exact) mass is 387 g/mol. The lowest BCUT2D eigenvalue weighted by Crippen LogP contribution is -2.14. The summed E-state index contributed by atoms with van der Waals surface area (Å²) in [6.07, 6.45) is 1.83. The van der Waals surface area contributed by atoms with Crippen molar-refractivity contribution in [2.24, 2.45) is 0 Å². The predicted molar refractivity (Wildman–Crippen MR) is 109 cm³/mol. The molecule has 0 saturated carbocycles. The Labute approximate surface area is 167 Å². The van der Waals surface area contributed by atoms with Crippen molar-refractivity contribution in [3.05, 3.63) is 98.6 Å². The second-order valence-corrected chi connectivity index (χ2v) is 6.51. The smallest absolute Gasteiger partial charge is 0.315 e. The van der Waals surface area contributed by atoms with Crippen LogP contribution in [0, 0.1) is 10.1 Å². The summed E-state index contributed by atoms with van der Waals surface area (Å²) in [5.74, 6) is 0.299. The third-order valence-electron chi connectivity index (χ3n) is 4.91. The number of benzene rings is 3. The maximum Gasteiger partial charge on any atom is 0.315 e. The highest BCUT2D eigenvalue weighted by molar-refractivity contribution is 6.20. The molecule has 0 fully saturated rings. The Morgan fingerprint density at radius 2 is 1.41 bits per heavy atom. The Morgan fingerprint density at radius 3 is 1.90 bits per heavy atom. The molecule has 3 aromatic carbocycles. The van der Waals surface area contributed by atoms with Crippen LogP contribution in [0.25, 0.3) is 11.6 Å². The fraction of sp³-hybridized carbons (Fsp3) is 0.0870. The fourth-order valence-corrected chi connectivity index (χ4v) is 3.63. The van der Waals surface area contributed by atoms with E-state index in [4.69, 9.17) is 9.47 Å². The molecule has 4 rings (SSSR count). The first-order valence-electron chi connectivity index (χ1n) is 8.90. The number of hydrogen-bond acceptors (Lipinski definition) is 5. The van der Waals surface area contributed by atoms with Gasteiger partial charge in [0, 0.05) is 17.2 Å². The average Bonchev–Trinajstić information content (AvgIpc) is 2.75. The Kier molecular flexibility index (Phi) is 4.60. The number of ketones is 1. The van der Waals surface area contributed by atoms with Crippen LogP contribution >= 0.6 is 0 Å². The molecule has 0 aliphatic heterocycles. The molecule has 6 nitrogen and oxygen atoms in total. The van der Waals surface area contributed by atoms with Crippen molar-refractivity contribution in [1.29, 1.82) is 0 Å². The van der Waals surface area contributed by atoms with Gasteiger partial charge in [0.2, 0.25) is 5.75 Å². The molecule has 1 aliphatic carbocycles. The largest absolute Gasteiger partial charge is 0.493 e. The van der Waals surface area contributed by atoms with E-state index in [0.29, 0.717) is 16.7 Å². The van der Waals surface area contributed by atoms with E-state index in [1.54, 1.807) is 18.2 Å². The van der Waals surface area contributed by atoms with Crippen LogP contribution in [0.15, 0.2) is 60.7 Å². The van der Waals surface area contributed by atoms with Crippen molar-refractivity contribution in [3.63, 3.8) is 0 Å². The number of carbonyl (C=O) groups is 1. The molecule has 144 valence electrons. The van der Waals surface area contributed by atoms with Gasteiger partial charge >= 0.3 is 5.69 Å². The number of hydrogen-bond donors (Lipinski definition) is 0. The standard InChI is InChI=1S/C23H17NO5/c1-28-21-13-14(12-20(24(26)27)23(21)29-2)11-19-15-7-3-5-9-17(15)22(25)18-10-6-4-8-16(18)19/h3-13H,1-2H3. The summed E-state index contributed by atoms with van der Waals surface area (Å²) in [5, 5.41) is 11.5. The first-order valence-corrected chi connectivity index (χ1v) is 8.90. The first kappa shape index (κ1) is 18.4. The number of fused-ring (bicyclic) bond motifs is 2. The van der Waals surface area contributed by atoms with Gasteiger partial charge in [-0.05, 0) is 34.4 Å². The molecule has 0 spiro atoms. The van der Waals surface area contributed by atoms with Crippen molar-refractivity contribution < 1.29 is 19.2 Å². The molecule has 3 aromatic rings. The van der Waals surface area contributed by atoms with E-state index in [-0.39, 0.29) is 23.0 Å². The lowest BCUT2D eigenvalue weighted by atomic mass is 9.80. The zero-order valence-corrected chi connectivity index (χ0v) is 15.8. The summed E-state index contributed by atoms with van der Waals surface area (Å²) in [6, 6.07) is 17.8. The van der Waals surface area contributed by atoms with Gasteiger partial charge in [0.25, 0.3) is 0 Å². The number of methoxy groups -OCH3 is 2. The van der Waals surface area contributed by atoms with E-state index in [1.165, 1.54) is 20.3 Å².